The predicted molar refractivity (Wildman–Crippen MR) is 79.4 cm³/mol. The van der Waals surface area contributed by atoms with Crippen molar-refractivity contribution in [1.29, 1.82) is 0 Å². The fourth-order valence-corrected chi connectivity index (χ4v) is 3.10. The normalized spacial score (nSPS) is 19.1. The molecule has 2 aromatic rings. The Morgan fingerprint density at radius 1 is 1.20 bits per heavy atom. The van der Waals surface area contributed by atoms with Gasteiger partial charge in [0.25, 0.3) is 0 Å². The number of hydrogen-bond donors (Lipinski definition) is 1. The highest BCUT2D eigenvalue weighted by molar-refractivity contribution is 5.23. The molecular formula is C17H22N2O. The molecule has 3 nitrogen and oxygen atoms in total. The average molecular weight is 270 g/mol. The van der Waals surface area contributed by atoms with Crippen LogP contribution in [0.3, 0.4) is 0 Å². The molecule has 1 heterocycles. The van der Waals surface area contributed by atoms with Crippen molar-refractivity contribution in [3.05, 3.63) is 53.9 Å². The molecule has 1 aliphatic rings. The van der Waals surface area contributed by atoms with Crippen LogP contribution in [0, 0.1) is 0 Å². The highest BCUT2D eigenvalue weighted by atomic mass is 16.3. The third kappa shape index (κ3) is 2.78. The van der Waals surface area contributed by atoms with E-state index in [-0.39, 0.29) is 0 Å². The zero-order valence-corrected chi connectivity index (χ0v) is 12.0. The lowest BCUT2D eigenvalue weighted by Crippen LogP contribution is -2.24. The van der Waals surface area contributed by atoms with Gasteiger partial charge in [-0.2, -0.15) is 5.10 Å². The Bertz CT molecular complexity index is 553. The smallest absolute Gasteiger partial charge is 0.0924 e. The van der Waals surface area contributed by atoms with Gasteiger partial charge in [0.1, 0.15) is 0 Å². The third-order valence-corrected chi connectivity index (χ3v) is 4.28. The average Bonchev–Trinajstić information content (AvgIpc) is 3.10. The van der Waals surface area contributed by atoms with E-state index in [0.29, 0.717) is 12.5 Å². The van der Waals surface area contributed by atoms with Crippen LogP contribution in [-0.4, -0.2) is 14.9 Å². The molecule has 3 heteroatoms. The Labute approximate surface area is 120 Å². The van der Waals surface area contributed by atoms with Crippen LogP contribution in [0.1, 0.15) is 49.9 Å². The summed E-state index contributed by atoms with van der Waals surface area (Å²) in [6, 6.07) is 12.4. The summed E-state index contributed by atoms with van der Waals surface area (Å²) in [5.74, 6) is 0. The van der Waals surface area contributed by atoms with Crippen LogP contribution < -0.4 is 0 Å². The minimum absolute atomic E-state index is 0.552. The monoisotopic (exact) mass is 270 g/mol. The van der Waals surface area contributed by atoms with Gasteiger partial charge in [0.05, 0.1) is 17.3 Å². The van der Waals surface area contributed by atoms with Gasteiger partial charge in [-0.05, 0) is 31.4 Å². The lowest BCUT2D eigenvalue weighted by molar-refractivity contribution is 0.0563. The molecule has 0 radical (unpaired) electrons. The summed E-state index contributed by atoms with van der Waals surface area (Å²) in [5, 5.41) is 15.3. The summed E-state index contributed by atoms with van der Waals surface area (Å²) in [5.41, 5.74) is 1.04. The minimum atomic E-state index is -0.865. The summed E-state index contributed by atoms with van der Waals surface area (Å²) in [6.07, 6.45) is 7.69. The second-order valence-electron chi connectivity index (χ2n) is 6.04. The summed E-state index contributed by atoms with van der Waals surface area (Å²) in [4.78, 5) is 0. The van der Waals surface area contributed by atoms with Crippen molar-refractivity contribution in [2.45, 2.75) is 50.7 Å². The SMILES string of the molecule is CC(O)(Cc1ccn(C2CCCC2)n1)c1ccccc1. The Morgan fingerprint density at radius 3 is 2.60 bits per heavy atom. The first kappa shape index (κ1) is 13.4. The molecule has 1 saturated carbocycles. The van der Waals surface area contributed by atoms with E-state index in [0.717, 1.165) is 11.3 Å². The van der Waals surface area contributed by atoms with Crippen molar-refractivity contribution in [3.63, 3.8) is 0 Å². The van der Waals surface area contributed by atoms with Crippen LogP contribution in [0.4, 0.5) is 0 Å². The molecule has 0 aliphatic heterocycles. The van der Waals surface area contributed by atoms with Crippen LogP contribution in [-0.2, 0) is 12.0 Å². The highest BCUT2D eigenvalue weighted by Gasteiger charge is 2.25. The molecule has 0 saturated heterocycles. The maximum Gasteiger partial charge on any atom is 0.0924 e. The molecule has 20 heavy (non-hydrogen) atoms. The number of aromatic nitrogens is 2. The molecule has 0 spiro atoms. The van der Waals surface area contributed by atoms with Gasteiger partial charge in [0, 0.05) is 12.6 Å². The molecule has 0 amide bonds. The first-order chi connectivity index (χ1) is 9.65. The van der Waals surface area contributed by atoms with E-state index in [4.69, 9.17) is 0 Å². The van der Waals surface area contributed by atoms with Gasteiger partial charge < -0.3 is 5.11 Å². The van der Waals surface area contributed by atoms with Crippen molar-refractivity contribution in [2.24, 2.45) is 0 Å². The van der Waals surface area contributed by atoms with Crippen LogP contribution in [0.15, 0.2) is 42.6 Å². The summed E-state index contributed by atoms with van der Waals surface area (Å²) >= 11 is 0. The zero-order valence-electron chi connectivity index (χ0n) is 12.0. The summed E-state index contributed by atoms with van der Waals surface area (Å²) in [6.45, 7) is 1.86. The quantitative estimate of drug-likeness (QED) is 0.924. The van der Waals surface area contributed by atoms with Crippen molar-refractivity contribution in [1.82, 2.24) is 9.78 Å². The first-order valence-corrected chi connectivity index (χ1v) is 7.47. The molecule has 0 bridgehead atoms. The fraction of sp³-hybridized carbons (Fsp3) is 0.471. The zero-order chi connectivity index (χ0) is 14.0. The second kappa shape index (κ2) is 5.41. The van der Waals surface area contributed by atoms with Gasteiger partial charge in [0.2, 0.25) is 0 Å². The van der Waals surface area contributed by atoms with Crippen LogP contribution in [0.5, 0.6) is 0 Å². The van der Waals surface area contributed by atoms with E-state index in [1.165, 1.54) is 25.7 Å². The molecule has 1 fully saturated rings. The summed E-state index contributed by atoms with van der Waals surface area (Å²) in [7, 11) is 0. The second-order valence-corrected chi connectivity index (χ2v) is 6.04. The van der Waals surface area contributed by atoms with Crippen molar-refractivity contribution >= 4 is 0 Å². The van der Waals surface area contributed by atoms with Gasteiger partial charge in [-0.3, -0.25) is 4.68 Å². The molecule has 1 unspecified atom stereocenters. The Morgan fingerprint density at radius 2 is 1.90 bits per heavy atom. The predicted octanol–water partition coefficient (Wildman–Crippen LogP) is 3.45. The number of aliphatic hydroxyl groups is 1. The van der Waals surface area contributed by atoms with E-state index in [1.807, 2.05) is 43.3 Å². The fourth-order valence-electron chi connectivity index (χ4n) is 3.10. The van der Waals surface area contributed by atoms with Crippen molar-refractivity contribution in [2.75, 3.05) is 0 Å². The Hall–Kier alpha value is -1.61. The van der Waals surface area contributed by atoms with Crippen LogP contribution in [0.25, 0.3) is 0 Å². The Balaban J connectivity index is 1.74. The third-order valence-electron chi connectivity index (χ3n) is 4.28. The number of benzene rings is 1. The van der Waals surface area contributed by atoms with Gasteiger partial charge in [0.15, 0.2) is 0 Å². The maximum atomic E-state index is 10.7. The molecule has 106 valence electrons. The van der Waals surface area contributed by atoms with Gasteiger partial charge in [-0.1, -0.05) is 43.2 Å². The standard InChI is InChI=1S/C17H22N2O/c1-17(20,14-7-3-2-4-8-14)13-15-11-12-19(18-15)16-9-5-6-10-16/h2-4,7-8,11-12,16,20H,5-6,9-10,13H2,1H3. The first-order valence-electron chi connectivity index (χ1n) is 7.47. The molecule has 3 rings (SSSR count). The minimum Gasteiger partial charge on any atom is -0.385 e. The number of hydrogen-bond acceptors (Lipinski definition) is 2. The topological polar surface area (TPSA) is 38.0 Å². The van der Waals surface area contributed by atoms with Crippen molar-refractivity contribution < 1.29 is 5.11 Å². The van der Waals surface area contributed by atoms with Gasteiger partial charge >= 0.3 is 0 Å². The van der Waals surface area contributed by atoms with E-state index in [1.54, 1.807) is 0 Å². The van der Waals surface area contributed by atoms with Crippen LogP contribution >= 0.6 is 0 Å². The molecule has 1 N–H and O–H groups in total. The maximum absolute atomic E-state index is 10.7. The molecule has 1 aromatic heterocycles. The van der Waals surface area contributed by atoms with E-state index in [9.17, 15) is 5.11 Å². The van der Waals surface area contributed by atoms with E-state index in [2.05, 4.69) is 16.0 Å². The molecule has 1 aliphatic carbocycles. The largest absolute Gasteiger partial charge is 0.385 e. The molecular weight excluding hydrogens is 248 g/mol. The molecule has 1 aromatic carbocycles. The van der Waals surface area contributed by atoms with Gasteiger partial charge in [-0.25, -0.2) is 0 Å². The van der Waals surface area contributed by atoms with Crippen molar-refractivity contribution in [3.8, 4) is 0 Å². The number of nitrogens with zero attached hydrogens (tertiary/aromatic N) is 2. The summed E-state index contributed by atoms with van der Waals surface area (Å²) < 4.78 is 2.09. The lowest BCUT2D eigenvalue weighted by Gasteiger charge is -2.22. The highest BCUT2D eigenvalue weighted by Crippen LogP contribution is 2.30. The number of rotatable bonds is 4. The lowest BCUT2D eigenvalue weighted by atomic mass is 9.91. The molecule has 1 atom stereocenters. The van der Waals surface area contributed by atoms with E-state index >= 15 is 0 Å². The van der Waals surface area contributed by atoms with Gasteiger partial charge in [-0.15, -0.1) is 0 Å². The van der Waals surface area contributed by atoms with Crippen LogP contribution in [0.2, 0.25) is 0 Å². The Kier molecular flexibility index (Phi) is 3.62. The van der Waals surface area contributed by atoms with E-state index < -0.39 is 5.60 Å².